The van der Waals surface area contributed by atoms with Crippen LogP contribution < -0.4 is 0 Å². The van der Waals surface area contributed by atoms with Crippen LogP contribution in [0, 0.1) is 11.8 Å². The molecule has 0 N–H and O–H groups in total. The zero-order chi connectivity index (χ0) is 19.5. The molecule has 1 saturated heterocycles. The molecule has 8 heteroatoms. The van der Waals surface area contributed by atoms with Crippen LogP contribution >= 0.6 is 11.3 Å². The van der Waals surface area contributed by atoms with E-state index in [1.165, 1.54) is 11.3 Å². The standard InChI is InChI=1S/C18H26N2O5S/c1-11(2)14-8-24-17(23)20(14)16(22)12(6-13-9-26-10-19-13)7-15(21)25-18(3,4)5/h9-12,14H,6-8H2,1-5H3/t12-,14?/m1/s1. The maximum atomic E-state index is 13.1. The molecular formula is C18H26N2O5S. The molecule has 0 radical (unpaired) electrons. The van der Waals surface area contributed by atoms with Gasteiger partial charge in [0.1, 0.15) is 12.2 Å². The van der Waals surface area contributed by atoms with E-state index in [9.17, 15) is 14.4 Å². The van der Waals surface area contributed by atoms with E-state index in [0.717, 1.165) is 4.90 Å². The lowest BCUT2D eigenvalue weighted by atomic mass is 9.95. The van der Waals surface area contributed by atoms with Gasteiger partial charge in [-0.3, -0.25) is 9.59 Å². The van der Waals surface area contributed by atoms with E-state index >= 15 is 0 Å². The first-order valence-electron chi connectivity index (χ1n) is 8.67. The van der Waals surface area contributed by atoms with E-state index in [-0.39, 0.29) is 31.4 Å². The molecule has 0 spiro atoms. The van der Waals surface area contributed by atoms with Crippen molar-refractivity contribution in [3.63, 3.8) is 0 Å². The lowest BCUT2D eigenvalue weighted by Crippen LogP contribution is -2.46. The Morgan fingerprint density at radius 1 is 1.42 bits per heavy atom. The molecule has 2 rings (SSSR count). The van der Waals surface area contributed by atoms with Gasteiger partial charge in [-0.2, -0.15) is 0 Å². The molecule has 26 heavy (non-hydrogen) atoms. The Bertz CT molecular complexity index is 651. The van der Waals surface area contributed by atoms with Crippen molar-refractivity contribution in [2.24, 2.45) is 11.8 Å². The van der Waals surface area contributed by atoms with Crippen LogP contribution in [0.2, 0.25) is 0 Å². The fraction of sp³-hybridized carbons (Fsp3) is 0.667. The predicted molar refractivity (Wildman–Crippen MR) is 96.6 cm³/mol. The van der Waals surface area contributed by atoms with Gasteiger partial charge in [0.2, 0.25) is 5.91 Å². The maximum Gasteiger partial charge on any atom is 0.416 e. The molecule has 0 aromatic carbocycles. The van der Waals surface area contributed by atoms with E-state index in [4.69, 9.17) is 9.47 Å². The number of nitrogens with zero attached hydrogens (tertiary/aromatic N) is 2. The Labute approximate surface area is 157 Å². The molecule has 1 unspecified atom stereocenters. The van der Waals surface area contributed by atoms with Crippen LogP contribution in [0.15, 0.2) is 10.9 Å². The number of carbonyl (C=O) groups is 3. The van der Waals surface area contributed by atoms with Crippen LogP contribution in [0.5, 0.6) is 0 Å². The van der Waals surface area contributed by atoms with Crippen LogP contribution in [0.25, 0.3) is 0 Å². The molecule has 1 aromatic heterocycles. The molecule has 7 nitrogen and oxygen atoms in total. The van der Waals surface area contributed by atoms with Crippen LogP contribution in [0.1, 0.15) is 46.7 Å². The molecule has 144 valence electrons. The Hall–Kier alpha value is -1.96. The monoisotopic (exact) mass is 382 g/mol. The number of esters is 1. The summed E-state index contributed by atoms with van der Waals surface area (Å²) < 4.78 is 10.4. The molecule has 2 heterocycles. The van der Waals surface area contributed by atoms with Crippen molar-refractivity contribution in [1.82, 2.24) is 9.88 Å². The van der Waals surface area contributed by atoms with Gasteiger partial charge in [0.05, 0.1) is 29.6 Å². The Balaban J connectivity index is 2.20. The van der Waals surface area contributed by atoms with E-state index in [2.05, 4.69) is 4.98 Å². The minimum Gasteiger partial charge on any atom is -0.460 e. The topological polar surface area (TPSA) is 85.8 Å². The number of thiazole rings is 1. The molecular weight excluding hydrogens is 356 g/mol. The number of cyclic esters (lactones) is 1. The van der Waals surface area contributed by atoms with Crippen LogP contribution in [0.4, 0.5) is 4.79 Å². The number of amides is 2. The first kappa shape index (κ1) is 20.4. The summed E-state index contributed by atoms with van der Waals surface area (Å²) in [6.45, 7) is 9.35. The van der Waals surface area contributed by atoms with Crippen molar-refractivity contribution in [2.45, 2.75) is 59.1 Å². The summed E-state index contributed by atoms with van der Waals surface area (Å²) in [5.41, 5.74) is 1.74. The number of hydrogen-bond donors (Lipinski definition) is 0. The van der Waals surface area contributed by atoms with Gasteiger partial charge in [0.25, 0.3) is 0 Å². The number of rotatable bonds is 6. The summed E-state index contributed by atoms with van der Waals surface area (Å²) in [6, 6.07) is -0.327. The van der Waals surface area contributed by atoms with Gasteiger partial charge in [-0.05, 0) is 26.7 Å². The Kier molecular flexibility index (Phi) is 6.39. The lowest BCUT2D eigenvalue weighted by Gasteiger charge is -2.27. The molecule has 1 aliphatic rings. The second-order valence-electron chi connectivity index (χ2n) is 7.77. The summed E-state index contributed by atoms with van der Waals surface area (Å²) in [5.74, 6) is -1.55. The zero-order valence-corrected chi connectivity index (χ0v) is 16.7. The van der Waals surface area contributed by atoms with Crippen molar-refractivity contribution in [3.8, 4) is 0 Å². The van der Waals surface area contributed by atoms with E-state index in [1.807, 2.05) is 19.2 Å². The predicted octanol–water partition coefficient (Wildman–Crippen LogP) is 3.04. The van der Waals surface area contributed by atoms with Gasteiger partial charge in [-0.1, -0.05) is 13.8 Å². The van der Waals surface area contributed by atoms with Crippen LogP contribution in [-0.2, 0) is 25.5 Å². The first-order valence-corrected chi connectivity index (χ1v) is 9.61. The van der Waals surface area contributed by atoms with Crippen molar-refractivity contribution >= 4 is 29.3 Å². The molecule has 0 bridgehead atoms. The lowest BCUT2D eigenvalue weighted by molar-refractivity contribution is -0.158. The van der Waals surface area contributed by atoms with Crippen LogP contribution in [-0.4, -0.2) is 46.1 Å². The minimum atomic E-state index is -0.723. The first-order chi connectivity index (χ1) is 12.1. The summed E-state index contributed by atoms with van der Waals surface area (Å²) in [7, 11) is 0. The highest BCUT2D eigenvalue weighted by atomic mass is 32.1. The Morgan fingerprint density at radius 2 is 2.12 bits per heavy atom. The second kappa shape index (κ2) is 8.16. The fourth-order valence-electron chi connectivity index (χ4n) is 2.80. The number of hydrogen-bond acceptors (Lipinski definition) is 7. The summed E-state index contributed by atoms with van der Waals surface area (Å²) in [6.07, 6.45) is -0.487. The quantitative estimate of drug-likeness (QED) is 0.703. The Morgan fingerprint density at radius 3 is 2.65 bits per heavy atom. The number of carbonyl (C=O) groups excluding carboxylic acids is 3. The summed E-state index contributed by atoms with van der Waals surface area (Å²) in [5, 5.41) is 1.83. The summed E-state index contributed by atoms with van der Waals surface area (Å²) >= 11 is 1.42. The van der Waals surface area contributed by atoms with Gasteiger partial charge >= 0.3 is 12.1 Å². The maximum absolute atomic E-state index is 13.1. The number of aromatic nitrogens is 1. The van der Waals surface area contributed by atoms with Gasteiger partial charge in [-0.25, -0.2) is 14.7 Å². The average Bonchev–Trinajstić information content (AvgIpc) is 3.13. The molecule has 0 saturated carbocycles. The third-order valence-electron chi connectivity index (χ3n) is 4.03. The highest BCUT2D eigenvalue weighted by molar-refractivity contribution is 7.07. The van der Waals surface area contributed by atoms with Gasteiger partial charge in [0.15, 0.2) is 0 Å². The molecule has 2 amide bonds. The number of imide groups is 1. The van der Waals surface area contributed by atoms with Crippen molar-refractivity contribution in [3.05, 3.63) is 16.6 Å². The third kappa shape index (κ3) is 5.27. The minimum absolute atomic E-state index is 0.0619. The fourth-order valence-corrected chi connectivity index (χ4v) is 3.37. The second-order valence-corrected chi connectivity index (χ2v) is 8.49. The van der Waals surface area contributed by atoms with Crippen molar-refractivity contribution in [2.75, 3.05) is 6.61 Å². The molecule has 1 fully saturated rings. The SMILES string of the molecule is CC(C)C1COC(=O)N1C(=O)[C@@H](CC(=O)OC(C)(C)C)Cc1cscn1. The summed E-state index contributed by atoms with van der Waals surface area (Å²) in [4.78, 5) is 42.8. The van der Waals surface area contributed by atoms with Crippen molar-refractivity contribution in [1.29, 1.82) is 0 Å². The molecule has 1 aliphatic heterocycles. The van der Waals surface area contributed by atoms with Crippen molar-refractivity contribution < 1.29 is 23.9 Å². The van der Waals surface area contributed by atoms with Crippen LogP contribution in [0.3, 0.4) is 0 Å². The van der Waals surface area contributed by atoms with E-state index < -0.39 is 29.5 Å². The molecule has 1 aromatic rings. The van der Waals surface area contributed by atoms with Gasteiger partial charge in [-0.15, -0.1) is 11.3 Å². The molecule has 2 atom stereocenters. The average molecular weight is 382 g/mol. The van der Waals surface area contributed by atoms with E-state index in [1.54, 1.807) is 26.3 Å². The van der Waals surface area contributed by atoms with Gasteiger partial charge in [0, 0.05) is 11.8 Å². The largest absolute Gasteiger partial charge is 0.460 e. The number of ether oxygens (including phenoxy) is 2. The normalized spacial score (nSPS) is 18.8. The highest BCUT2D eigenvalue weighted by Crippen LogP contribution is 2.25. The van der Waals surface area contributed by atoms with E-state index in [0.29, 0.717) is 5.69 Å². The van der Waals surface area contributed by atoms with Gasteiger partial charge < -0.3 is 9.47 Å². The molecule has 0 aliphatic carbocycles. The third-order valence-corrected chi connectivity index (χ3v) is 4.67. The smallest absolute Gasteiger partial charge is 0.416 e. The highest BCUT2D eigenvalue weighted by Gasteiger charge is 2.43. The zero-order valence-electron chi connectivity index (χ0n) is 15.9.